The Morgan fingerprint density at radius 3 is 1.61 bits per heavy atom. The van der Waals surface area contributed by atoms with E-state index in [1.807, 2.05) is 12.1 Å². The molecule has 3 nitrogen and oxygen atoms in total. The second-order valence-electron chi connectivity index (χ2n) is 3.78. The van der Waals surface area contributed by atoms with Crippen LogP contribution in [0.25, 0.3) is 11.1 Å². The number of amides is 1. The minimum absolute atomic E-state index is 0.0185. The van der Waals surface area contributed by atoms with Crippen molar-refractivity contribution in [3.63, 3.8) is 0 Å². The molecule has 1 amide bonds. The Bertz CT molecular complexity index is 473. The summed E-state index contributed by atoms with van der Waals surface area (Å²) in [5.41, 5.74) is 4.80. The van der Waals surface area contributed by atoms with Crippen molar-refractivity contribution in [1.82, 2.24) is 5.43 Å². The van der Waals surface area contributed by atoms with Crippen LogP contribution in [0.1, 0.15) is 6.42 Å². The highest BCUT2D eigenvalue weighted by Crippen LogP contribution is 2.17. The van der Waals surface area contributed by atoms with E-state index < -0.39 is 0 Å². The first-order valence-corrected chi connectivity index (χ1v) is 5.77. The molecular weight excluding hydrogens is 224 g/mol. The highest BCUT2D eigenvalue weighted by Gasteiger charge is 1.99. The van der Waals surface area contributed by atoms with Crippen molar-refractivity contribution in [2.45, 2.75) is 6.42 Å². The summed E-state index contributed by atoms with van der Waals surface area (Å²) >= 11 is 0. The van der Waals surface area contributed by atoms with Crippen molar-refractivity contribution in [2.24, 2.45) is 5.10 Å². The summed E-state index contributed by atoms with van der Waals surface area (Å²) in [7, 11) is 0. The van der Waals surface area contributed by atoms with Crippen LogP contribution in [-0.2, 0) is 4.79 Å². The van der Waals surface area contributed by atoms with Crippen molar-refractivity contribution in [1.29, 1.82) is 0 Å². The quantitative estimate of drug-likeness (QED) is 0.815. The molecule has 1 aliphatic rings. The van der Waals surface area contributed by atoms with Gasteiger partial charge in [0.1, 0.15) is 0 Å². The Morgan fingerprint density at radius 2 is 1.33 bits per heavy atom. The molecule has 2 aromatic rings. The summed E-state index contributed by atoms with van der Waals surface area (Å²) in [5, 5.41) is 3.44. The maximum Gasteiger partial charge on any atom is 0.245 e. The average Bonchev–Trinajstić information content (AvgIpc) is 2.93. The number of nitrogens with zero attached hydrogens (tertiary/aromatic N) is 1. The molecule has 18 heavy (non-hydrogen) atoms. The van der Waals surface area contributed by atoms with Crippen molar-refractivity contribution in [2.75, 3.05) is 0 Å². The molecule has 90 valence electrons. The first-order valence-electron chi connectivity index (χ1n) is 5.77. The maximum atomic E-state index is 10.0. The van der Waals surface area contributed by atoms with E-state index in [1.54, 1.807) is 6.21 Å². The van der Waals surface area contributed by atoms with Gasteiger partial charge in [-0.1, -0.05) is 60.7 Å². The molecule has 0 saturated carbocycles. The van der Waals surface area contributed by atoms with Gasteiger partial charge in [0.25, 0.3) is 0 Å². The Labute approximate surface area is 106 Å². The monoisotopic (exact) mass is 238 g/mol. The van der Waals surface area contributed by atoms with E-state index in [1.165, 1.54) is 11.1 Å². The Kier molecular flexibility index (Phi) is 4.25. The second kappa shape index (κ2) is 6.35. The Balaban J connectivity index is 0.000000169. The fourth-order valence-corrected chi connectivity index (χ4v) is 1.55. The standard InChI is InChI=1S/C12H10.C3H4N2O/c1-3-7-11(8-4-1)12-9-5-2-6-10-12;6-3-1-2-4-5-3/h1-10H;2H,1H2,(H,5,6). The average molecular weight is 238 g/mol. The zero-order valence-corrected chi connectivity index (χ0v) is 9.91. The van der Waals surface area contributed by atoms with Gasteiger partial charge in [-0.2, -0.15) is 5.10 Å². The lowest BCUT2D eigenvalue weighted by Crippen LogP contribution is -2.08. The van der Waals surface area contributed by atoms with Crippen LogP contribution in [0.2, 0.25) is 0 Å². The molecule has 1 heterocycles. The van der Waals surface area contributed by atoms with Gasteiger partial charge < -0.3 is 0 Å². The van der Waals surface area contributed by atoms with E-state index in [-0.39, 0.29) is 5.91 Å². The molecule has 0 bridgehead atoms. The maximum absolute atomic E-state index is 10.0. The zero-order valence-electron chi connectivity index (χ0n) is 9.91. The molecule has 0 spiro atoms. The summed E-state index contributed by atoms with van der Waals surface area (Å²) in [5.74, 6) is -0.0185. The topological polar surface area (TPSA) is 41.5 Å². The zero-order chi connectivity index (χ0) is 12.6. The minimum atomic E-state index is -0.0185. The molecule has 0 atom stereocenters. The second-order valence-corrected chi connectivity index (χ2v) is 3.78. The van der Waals surface area contributed by atoms with Gasteiger partial charge in [0.2, 0.25) is 5.91 Å². The van der Waals surface area contributed by atoms with Crippen molar-refractivity contribution < 1.29 is 4.79 Å². The molecule has 0 radical (unpaired) electrons. The van der Waals surface area contributed by atoms with Crippen LogP contribution in [0.5, 0.6) is 0 Å². The number of benzene rings is 2. The van der Waals surface area contributed by atoms with Crippen molar-refractivity contribution >= 4 is 12.1 Å². The van der Waals surface area contributed by atoms with Gasteiger partial charge in [-0.3, -0.25) is 4.79 Å². The van der Waals surface area contributed by atoms with Crippen LogP contribution >= 0.6 is 0 Å². The normalized spacial score (nSPS) is 12.6. The summed E-state index contributed by atoms with van der Waals surface area (Å²) in [6.07, 6.45) is 1.99. The fourth-order valence-electron chi connectivity index (χ4n) is 1.55. The highest BCUT2D eigenvalue weighted by molar-refractivity contribution is 5.93. The molecule has 0 fully saturated rings. The van der Waals surface area contributed by atoms with Gasteiger partial charge in [0, 0.05) is 6.21 Å². The number of carbonyl (C=O) groups is 1. The molecular formula is C15H14N2O. The predicted octanol–water partition coefficient (Wildman–Crippen LogP) is 2.85. The van der Waals surface area contributed by atoms with Gasteiger partial charge >= 0.3 is 0 Å². The van der Waals surface area contributed by atoms with E-state index in [4.69, 9.17) is 0 Å². The third kappa shape index (κ3) is 3.56. The third-order valence-corrected chi connectivity index (χ3v) is 2.44. The summed E-state index contributed by atoms with van der Waals surface area (Å²) < 4.78 is 0. The molecule has 1 aliphatic heterocycles. The van der Waals surface area contributed by atoms with Gasteiger partial charge in [-0.05, 0) is 11.1 Å². The van der Waals surface area contributed by atoms with Gasteiger partial charge in [0.15, 0.2) is 0 Å². The number of hydrogen-bond acceptors (Lipinski definition) is 2. The lowest BCUT2D eigenvalue weighted by molar-refractivity contribution is -0.119. The molecule has 0 unspecified atom stereocenters. The summed E-state index contributed by atoms with van der Waals surface area (Å²) in [4.78, 5) is 10.0. The molecule has 3 heteroatoms. The van der Waals surface area contributed by atoms with Crippen molar-refractivity contribution in [3.05, 3.63) is 60.7 Å². The van der Waals surface area contributed by atoms with Crippen LogP contribution in [0.4, 0.5) is 0 Å². The lowest BCUT2D eigenvalue weighted by atomic mass is 10.1. The Morgan fingerprint density at radius 1 is 0.833 bits per heavy atom. The number of rotatable bonds is 1. The fraction of sp³-hybridized carbons (Fsp3) is 0.0667. The number of carbonyl (C=O) groups excluding carboxylic acids is 1. The van der Waals surface area contributed by atoms with Gasteiger partial charge in [-0.25, -0.2) is 5.43 Å². The van der Waals surface area contributed by atoms with E-state index in [0.29, 0.717) is 6.42 Å². The molecule has 0 saturated heterocycles. The predicted molar refractivity (Wildman–Crippen MR) is 73.1 cm³/mol. The van der Waals surface area contributed by atoms with Crippen LogP contribution < -0.4 is 5.43 Å². The van der Waals surface area contributed by atoms with Crippen LogP contribution in [0.15, 0.2) is 65.8 Å². The lowest BCUT2D eigenvalue weighted by Gasteiger charge is -1.98. The smallest absolute Gasteiger partial charge is 0.245 e. The van der Waals surface area contributed by atoms with Crippen LogP contribution in [0, 0.1) is 0 Å². The SMILES string of the molecule is O=C1CC=NN1.c1ccc(-c2ccccc2)cc1. The van der Waals surface area contributed by atoms with Crippen LogP contribution in [-0.4, -0.2) is 12.1 Å². The van der Waals surface area contributed by atoms with E-state index in [9.17, 15) is 4.79 Å². The first-order chi connectivity index (χ1) is 8.86. The minimum Gasteiger partial charge on any atom is -0.273 e. The molecule has 0 aliphatic carbocycles. The number of nitrogens with one attached hydrogen (secondary N) is 1. The number of hydrogen-bond donors (Lipinski definition) is 1. The highest BCUT2D eigenvalue weighted by atomic mass is 16.2. The van der Waals surface area contributed by atoms with Gasteiger partial charge in [0.05, 0.1) is 6.42 Å². The molecule has 0 aromatic heterocycles. The third-order valence-electron chi connectivity index (χ3n) is 2.44. The number of hydrazone groups is 1. The molecule has 1 N–H and O–H groups in total. The van der Waals surface area contributed by atoms with Gasteiger partial charge in [-0.15, -0.1) is 0 Å². The largest absolute Gasteiger partial charge is 0.273 e. The van der Waals surface area contributed by atoms with E-state index in [2.05, 4.69) is 59.1 Å². The first kappa shape index (κ1) is 12.0. The summed E-state index contributed by atoms with van der Waals surface area (Å²) in [6.45, 7) is 0. The van der Waals surface area contributed by atoms with Crippen LogP contribution in [0.3, 0.4) is 0 Å². The van der Waals surface area contributed by atoms with E-state index >= 15 is 0 Å². The molecule has 2 aromatic carbocycles. The van der Waals surface area contributed by atoms with E-state index in [0.717, 1.165) is 0 Å². The summed E-state index contributed by atoms with van der Waals surface area (Å²) in [6, 6.07) is 20.8. The van der Waals surface area contributed by atoms with Crippen molar-refractivity contribution in [3.8, 4) is 11.1 Å². The Hall–Kier alpha value is -2.42. The molecule has 3 rings (SSSR count).